The van der Waals surface area contributed by atoms with Gasteiger partial charge in [-0.2, -0.15) is 0 Å². The molecule has 1 rings (SSSR count). The second-order valence-corrected chi connectivity index (χ2v) is 5.30. The summed E-state index contributed by atoms with van der Waals surface area (Å²) in [4.78, 5) is 36.4. The van der Waals surface area contributed by atoms with Crippen molar-refractivity contribution >= 4 is 17.8 Å². The first-order valence-electron chi connectivity index (χ1n) is 7.45. The first-order chi connectivity index (χ1) is 10.0. The molecule has 0 aromatic carbocycles. The minimum absolute atomic E-state index is 0.0252. The van der Waals surface area contributed by atoms with E-state index in [1.165, 1.54) is 4.90 Å². The van der Waals surface area contributed by atoms with Crippen molar-refractivity contribution in [3.05, 3.63) is 12.7 Å². The van der Waals surface area contributed by atoms with Gasteiger partial charge in [-0.05, 0) is 25.7 Å². The highest BCUT2D eigenvalue weighted by molar-refractivity contribution is 5.87. The van der Waals surface area contributed by atoms with E-state index in [1.54, 1.807) is 6.08 Å². The predicted octanol–water partition coefficient (Wildman–Crippen LogP) is 1.31. The van der Waals surface area contributed by atoms with Crippen LogP contribution in [0.1, 0.15) is 44.9 Å². The van der Waals surface area contributed by atoms with Gasteiger partial charge in [0.25, 0.3) is 0 Å². The molecule has 1 aliphatic heterocycles. The number of amides is 2. The number of hydrogen-bond donors (Lipinski definition) is 2. The first kappa shape index (κ1) is 17.2. The molecule has 1 unspecified atom stereocenters. The molecule has 21 heavy (non-hydrogen) atoms. The third-order valence-electron chi connectivity index (χ3n) is 3.55. The Bertz CT molecular complexity index is 395. The van der Waals surface area contributed by atoms with Gasteiger partial charge < -0.3 is 15.3 Å². The van der Waals surface area contributed by atoms with Crippen molar-refractivity contribution in [3.63, 3.8) is 0 Å². The number of hydrogen-bond acceptors (Lipinski definition) is 3. The van der Waals surface area contributed by atoms with E-state index >= 15 is 0 Å². The molecule has 0 aliphatic carbocycles. The van der Waals surface area contributed by atoms with Crippen molar-refractivity contribution in [1.82, 2.24) is 10.2 Å². The van der Waals surface area contributed by atoms with Gasteiger partial charge in [0.2, 0.25) is 11.8 Å². The van der Waals surface area contributed by atoms with E-state index in [0.717, 1.165) is 25.7 Å². The minimum atomic E-state index is -1.07. The number of allylic oxidation sites excluding steroid dienone is 1. The largest absolute Gasteiger partial charge is 0.480 e. The fourth-order valence-electron chi connectivity index (χ4n) is 2.34. The molecule has 1 aliphatic rings. The normalized spacial score (nSPS) is 17.5. The van der Waals surface area contributed by atoms with Crippen molar-refractivity contribution in [2.45, 2.75) is 51.0 Å². The van der Waals surface area contributed by atoms with Crippen LogP contribution in [0.4, 0.5) is 0 Å². The van der Waals surface area contributed by atoms with E-state index in [1.807, 2.05) is 0 Å². The van der Waals surface area contributed by atoms with Crippen molar-refractivity contribution < 1.29 is 19.5 Å². The van der Waals surface area contributed by atoms with Gasteiger partial charge in [-0.15, -0.1) is 6.58 Å². The minimum Gasteiger partial charge on any atom is -0.480 e. The number of carbonyl (C=O) groups excluding carboxylic acids is 2. The number of carboxylic acid groups (broad SMARTS) is 1. The number of nitrogens with zero attached hydrogens (tertiary/aromatic N) is 1. The molecule has 1 fully saturated rings. The molecule has 1 heterocycles. The summed E-state index contributed by atoms with van der Waals surface area (Å²) in [6, 6.07) is -0.930. The topological polar surface area (TPSA) is 86.7 Å². The third kappa shape index (κ3) is 6.42. The summed E-state index contributed by atoms with van der Waals surface area (Å²) in [7, 11) is 0. The van der Waals surface area contributed by atoms with Crippen LogP contribution in [0.2, 0.25) is 0 Å². The molecule has 118 valence electrons. The Morgan fingerprint density at radius 2 is 2.05 bits per heavy atom. The Balaban J connectivity index is 2.50. The van der Waals surface area contributed by atoms with Crippen LogP contribution in [0, 0.1) is 0 Å². The maximum absolute atomic E-state index is 11.9. The van der Waals surface area contributed by atoms with E-state index in [9.17, 15) is 14.4 Å². The van der Waals surface area contributed by atoms with Crippen LogP contribution < -0.4 is 5.32 Å². The van der Waals surface area contributed by atoms with Crippen LogP contribution in [-0.2, 0) is 14.4 Å². The Morgan fingerprint density at radius 3 is 2.71 bits per heavy atom. The quantitative estimate of drug-likeness (QED) is 0.694. The van der Waals surface area contributed by atoms with Crippen LogP contribution in [0.3, 0.4) is 0 Å². The molecule has 6 nitrogen and oxygen atoms in total. The van der Waals surface area contributed by atoms with E-state index in [-0.39, 0.29) is 12.5 Å². The number of rotatable bonds is 7. The van der Waals surface area contributed by atoms with Crippen molar-refractivity contribution in [2.75, 3.05) is 13.1 Å². The molecule has 0 aromatic rings. The van der Waals surface area contributed by atoms with E-state index in [4.69, 9.17) is 5.11 Å². The van der Waals surface area contributed by atoms with Gasteiger partial charge in [0.15, 0.2) is 0 Å². The SMILES string of the molecule is C=CCCC(NC(=O)CN1CCCCCCC1=O)C(=O)O. The third-order valence-corrected chi connectivity index (χ3v) is 3.55. The zero-order valence-electron chi connectivity index (χ0n) is 12.3. The fourth-order valence-corrected chi connectivity index (χ4v) is 2.34. The maximum Gasteiger partial charge on any atom is 0.326 e. The van der Waals surface area contributed by atoms with Gasteiger partial charge in [-0.3, -0.25) is 9.59 Å². The van der Waals surface area contributed by atoms with Crippen molar-refractivity contribution in [1.29, 1.82) is 0 Å². The number of nitrogens with one attached hydrogen (secondary N) is 1. The predicted molar refractivity (Wildman–Crippen MR) is 78.7 cm³/mol. The number of carbonyl (C=O) groups is 3. The standard InChI is InChI=1S/C15H24N2O4/c1-2-3-8-12(15(20)21)16-13(18)11-17-10-7-5-4-6-9-14(17)19/h2,12H,1,3-11H2,(H,16,18)(H,20,21). The van der Waals surface area contributed by atoms with Crippen LogP contribution in [0.25, 0.3) is 0 Å². The second kappa shape index (κ2) is 9.15. The molecular formula is C15H24N2O4. The van der Waals surface area contributed by atoms with Crippen LogP contribution >= 0.6 is 0 Å². The monoisotopic (exact) mass is 296 g/mol. The second-order valence-electron chi connectivity index (χ2n) is 5.30. The van der Waals surface area contributed by atoms with Gasteiger partial charge in [0.05, 0.1) is 6.54 Å². The maximum atomic E-state index is 11.9. The van der Waals surface area contributed by atoms with Gasteiger partial charge in [-0.1, -0.05) is 18.9 Å². The molecule has 0 radical (unpaired) electrons. The Labute approximate surface area is 125 Å². The molecule has 0 aromatic heterocycles. The van der Waals surface area contributed by atoms with Gasteiger partial charge in [0.1, 0.15) is 6.04 Å². The average Bonchev–Trinajstić information content (AvgIpc) is 2.43. The lowest BCUT2D eigenvalue weighted by Gasteiger charge is -2.25. The zero-order chi connectivity index (χ0) is 15.7. The van der Waals surface area contributed by atoms with E-state index in [0.29, 0.717) is 25.8 Å². The van der Waals surface area contributed by atoms with Gasteiger partial charge >= 0.3 is 5.97 Å². The van der Waals surface area contributed by atoms with Crippen molar-refractivity contribution in [3.8, 4) is 0 Å². The summed E-state index contributed by atoms with van der Waals surface area (Å²) in [6.45, 7) is 4.04. The van der Waals surface area contributed by atoms with Crippen LogP contribution in [0.5, 0.6) is 0 Å². The highest BCUT2D eigenvalue weighted by Crippen LogP contribution is 2.11. The summed E-state index contributed by atoms with van der Waals surface area (Å²) >= 11 is 0. The molecule has 0 saturated carbocycles. The highest BCUT2D eigenvalue weighted by Gasteiger charge is 2.22. The smallest absolute Gasteiger partial charge is 0.326 e. The Hall–Kier alpha value is -1.85. The summed E-state index contributed by atoms with van der Waals surface area (Å²) < 4.78 is 0. The molecule has 6 heteroatoms. The Kier molecular flexibility index (Phi) is 7.50. The number of carboxylic acids is 1. The molecule has 1 saturated heterocycles. The lowest BCUT2D eigenvalue weighted by Crippen LogP contribution is -2.47. The lowest BCUT2D eigenvalue weighted by molar-refractivity contribution is -0.142. The molecule has 2 amide bonds. The number of aliphatic carboxylic acids is 1. The molecular weight excluding hydrogens is 272 g/mol. The summed E-state index contributed by atoms with van der Waals surface area (Å²) in [6.07, 6.45) is 6.75. The van der Waals surface area contributed by atoms with Gasteiger partial charge in [-0.25, -0.2) is 4.79 Å². The molecule has 1 atom stereocenters. The summed E-state index contributed by atoms with van der Waals surface area (Å²) in [5.41, 5.74) is 0. The fraction of sp³-hybridized carbons (Fsp3) is 0.667. The van der Waals surface area contributed by atoms with Crippen molar-refractivity contribution in [2.24, 2.45) is 0 Å². The number of likely N-dealkylation sites (tertiary alicyclic amines) is 1. The highest BCUT2D eigenvalue weighted by atomic mass is 16.4. The average molecular weight is 296 g/mol. The Morgan fingerprint density at radius 1 is 1.33 bits per heavy atom. The molecule has 0 bridgehead atoms. The summed E-state index contributed by atoms with van der Waals surface area (Å²) in [5.74, 6) is -1.51. The summed E-state index contributed by atoms with van der Waals surface area (Å²) in [5, 5.41) is 11.5. The van der Waals surface area contributed by atoms with E-state index < -0.39 is 17.9 Å². The molecule has 2 N–H and O–H groups in total. The lowest BCUT2D eigenvalue weighted by atomic mass is 10.1. The molecule has 0 spiro atoms. The zero-order valence-corrected chi connectivity index (χ0v) is 12.3. The van der Waals surface area contributed by atoms with Gasteiger partial charge in [0, 0.05) is 13.0 Å². The van der Waals surface area contributed by atoms with Crippen LogP contribution in [-0.4, -0.2) is 46.9 Å². The first-order valence-corrected chi connectivity index (χ1v) is 7.45. The van der Waals surface area contributed by atoms with E-state index in [2.05, 4.69) is 11.9 Å². The van der Waals surface area contributed by atoms with Crippen LogP contribution in [0.15, 0.2) is 12.7 Å².